The molecule has 0 spiro atoms. The summed E-state index contributed by atoms with van der Waals surface area (Å²) < 4.78 is 0. The minimum atomic E-state index is -0.540. The second-order valence-electron chi connectivity index (χ2n) is 7.86. The van der Waals surface area contributed by atoms with Crippen LogP contribution in [-0.4, -0.2) is 5.60 Å². The van der Waals surface area contributed by atoms with E-state index in [-0.39, 0.29) is 51.4 Å². The molecule has 0 amide bonds. The summed E-state index contributed by atoms with van der Waals surface area (Å²) in [6, 6.07) is 0. The average Bonchev–Trinajstić information content (AvgIpc) is 2.56. The normalized spacial score (nSPS) is 27.3. The minimum Gasteiger partial charge on any atom is -0.849 e. The van der Waals surface area contributed by atoms with Gasteiger partial charge in [0.25, 0.3) is 0 Å². The van der Waals surface area contributed by atoms with E-state index in [2.05, 4.69) is 0 Å². The fourth-order valence-electron chi connectivity index (χ4n) is 5.66. The Morgan fingerprint density at radius 2 is 0.714 bits per heavy atom. The Kier molecular flexibility index (Phi) is 8.27. The van der Waals surface area contributed by atoms with Gasteiger partial charge in [0, 0.05) is 0 Å². The molecule has 0 aliphatic heterocycles. The van der Waals surface area contributed by atoms with Crippen LogP contribution in [0.2, 0.25) is 0 Å². The van der Waals surface area contributed by atoms with E-state index in [4.69, 9.17) is 0 Å². The van der Waals surface area contributed by atoms with Gasteiger partial charge in [-0.2, -0.15) is 0 Å². The van der Waals surface area contributed by atoms with Gasteiger partial charge in [0.05, 0.1) is 0 Å². The third-order valence-electron chi connectivity index (χ3n) is 6.73. The maximum atomic E-state index is 14.2. The fourth-order valence-corrected chi connectivity index (χ4v) is 5.66. The zero-order valence-electron chi connectivity index (χ0n) is 14.2. The van der Waals surface area contributed by atoms with Crippen LogP contribution in [-0.2, 0) is 0 Å². The Morgan fingerprint density at radius 3 is 0.952 bits per heavy atom. The van der Waals surface area contributed by atoms with Gasteiger partial charge >= 0.3 is 51.4 Å². The molecule has 3 rings (SSSR count). The first-order chi connectivity index (χ1) is 9.82. The summed E-state index contributed by atoms with van der Waals surface area (Å²) in [6.45, 7) is 0. The van der Waals surface area contributed by atoms with Crippen LogP contribution in [0, 0.1) is 17.8 Å². The van der Waals surface area contributed by atoms with Crippen LogP contribution in [0.3, 0.4) is 0 Å². The molecule has 0 atom stereocenters. The maximum absolute atomic E-state index is 14.2. The molecular formula is C19H33KO. The summed E-state index contributed by atoms with van der Waals surface area (Å²) in [6.07, 6.45) is 19.6. The molecule has 0 aromatic carbocycles. The molecule has 21 heavy (non-hydrogen) atoms. The summed E-state index contributed by atoms with van der Waals surface area (Å²) in [5, 5.41) is 14.2. The third kappa shape index (κ3) is 4.36. The summed E-state index contributed by atoms with van der Waals surface area (Å²) in [5.74, 6) is 1.55. The van der Waals surface area contributed by atoms with Gasteiger partial charge in [0.15, 0.2) is 0 Å². The van der Waals surface area contributed by atoms with Gasteiger partial charge in [0.1, 0.15) is 0 Å². The van der Waals surface area contributed by atoms with Gasteiger partial charge in [-0.1, -0.05) is 114 Å². The predicted molar refractivity (Wildman–Crippen MR) is 82.5 cm³/mol. The zero-order chi connectivity index (χ0) is 13.8. The molecule has 0 bridgehead atoms. The molecule has 0 aromatic heterocycles. The van der Waals surface area contributed by atoms with Crippen LogP contribution in [0.5, 0.6) is 0 Å². The summed E-state index contributed by atoms with van der Waals surface area (Å²) in [5.41, 5.74) is -0.540. The van der Waals surface area contributed by atoms with Crippen molar-refractivity contribution in [2.75, 3.05) is 0 Å². The maximum Gasteiger partial charge on any atom is 1.00 e. The van der Waals surface area contributed by atoms with E-state index in [1.807, 2.05) is 0 Å². The molecule has 116 valence electrons. The molecule has 3 saturated carbocycles. The van der Waals surface area contributed by atoms with Gasteiger partial charge in [-0.25, -0.2) is 0 Å². The number of hydrogen-bond acceptors (Lipinski definition) is 1. The Bertz CT molecular complexity index is 240. The largest absolute Gasteiger partial charge is 1.00 e. The number of rotatable bonds is 3. The van der Waals surface area contributed by atoms with Crippen LogP contribution in [0.15, 0.2) is 0 Å². The minimum absolute atomic E-state index is 0. The molecule has 0 heterocycles. The fraction of sp³-hybridized carbons (Fsp3) is 1.00. The van der Waals surface area contributed by atoms with Gasteiger partial charge in [-0.05, 0) is 0 Å². The molecule has 0 N–H and O–H groups in total. The molecule has 3 aliphatic rings. The van der Waals surface area contributed by atoms with E-state index < -0.39 is 5.60 Å². The van der Waals surface area contributed by atoms with Gasteiger partial charge < -0.3 is 5.11 Å². The molecule has 3 aliphatic carbocycles. The van der Waals surface area contributed by atoms with Crippen molar-refractivity contribution in [2.24, 2.45) is 17.8 Å². The quantitative estimate of drug-likeness (QED) is 0.729. The van der Waals surface area contributed by atoms with Crippen molar-refractivity contribution in [1.29, 1.82) is 0 Å². The van der Waals surface area contributed by atoms with Crippen molar-refractivity contribution in [3.63, 3.8) is 0 Å². The SMILES string of the molecule is [K+].[O-]C(C1CCCCC1)(C1CCCCC1)C1CCCCC1. The number of hydrogen-bond donors (Lipinski definition) is 0. The predicted octanol–water partition coefficient (Wildman–Crippen LogP) is 1.83. The molecule has 1 nitrogen and oxygen atoms in total. The first-order valence-corrected chi connectivity index (χ1v) is 9.52. The van der Waals surface area contributed by atoms with Crippen LogP contribution in [0.4, 0.5) is 0 Å². The van der Waals surface area contributed by atoms with Gasteiger partial charge in [-0.15, -0.1) is 5.60 Å². The van der Waals surface area contributed by atoms with E-state index >= 15 is 0 Å². The Balaban J connectivity index is 0.00000161. The second-order valence-corrected chi connectivity index (χ2v) is 7.86. The van der Waals surface area contributed by atoms with Gasteiger partial charge in [-0.3, -0.25) is 0 Å². The molecule has 0 saturated heterocycles. The van der Waals surface area contributed by atoms with Crippen LogP contribution >= 0.6 is 0 Å². The first-order valence-electron chi connectivity index (χ1n) is 9.52. The molecule has 0 radical (unpaired) electrons. The van der Waals surface area contributed by atoms with E-state index in [9.17, 15) is 5.11 Å². The Hall–Kier alpha value is 1.60. The van der Waals surface area contributed by atoms with Crippen LogP contribution < -0.4 is 56.5 Å². The van der Waals surface area contributed by atoms with Crippen molar-refractivity contribution in [3.05, 3.63) is 0 Å². The summed E-state index contributed by atoms with van der Waals surface area (Å²) in [4.78, 5) is 0. The van der Waals surface area contributed by atoms with E-state index in [0.29, 0.717) is 17.8 Å². The summed E-state index contributed by atoms with van der Waals surface area (Å²) >= 11 is 0. The van der Waals surface area contributed by atoms with E-state index in [1.165, 1.54) is 96.3 Å². The van der Waals surface area contributed by atoms with Crippen molar-refractivity contribution < 1.29 is 56.5 Å². The summed E-state index contributed by atoms with van der Waals surface area (Å²) in [7, 11) is 0. The first kappa shape index (κ1) is 18.9. The molecule has 0 unspecified atom stereocenters. The molecule has 2 heteroatoms. The monoisotopic (exact) mass is 316 g/mol. The standard InChI is InChI=1S/C19H33O.K/c20-19(16-10-4-1-5-11-16,17-12-6-2-7-13-17)18-14-8-3-9-15-18;/h16-18H,1-15H2;/q-1;+1. The van der Waals surface area contributed by atoms with Gasteiger partial charge in [0.2, 0.25) is 0 Å². The smallest absolute Gasteiger partial charge is 0.849 e. The van der Waals surface area contributed by atoms with Crippen molar-refractivity contribution >= 4 is 0 Å². The third-order valence-corrected chi connectivity index (χ3v) is 6.73. The zero-order valence-corrected chi connectivity index (χ0v) is 17.4. The Labute approximate surface area is 174 Å². The van der Waals surface area contributed by atoms with Crippen molar-refractivity contribution in [1.82, 2.24) is 0 Å². The van der Waals surface area contributed by atoms with E-state index in [0.717, 1.165) is 0 Å². The van der Waals surface area contributed by atoms with Crippen LogP contribution in [0.25, 0.3) is 0 Å². The second kappa shape index (κ2) is 9.18. The average molecular weight is 317 g/mol. The van der Waals surface area contributed by atoms with Crippen molar-refractivity contribution in [2.45, 2.75) is 102 Å². The molecule has 0 aromatic rings. The van der Waals surface area contributed by atoms with E-state index in [1.54, 1.807) is 0 Å². The topological polar surface area (TPSA) is 23.1 Å². The molecule has 3 fully saturated rings. The van der Waals surface area contributed by atoms with Crippen molar-refractivity contribution in [3.8, 4) is 0 Å². The molecular weight excluding hydrogens is 283 g/mol. The van der Waals surface area contributed by atoms with Crippen LogP contribution in [0.1, 0.15) is 96.3 Å². The Morgan fingerprint density at radius 1 is 0.476 bits per heavy atom.